The van der Waals surface area contributed by atoms with Crippen LogP contribution in [0.5, 0.6) is 0 Å². The normalized spacial score (nSPS) is 21.4. The Balaban J connectivity index is 1.59. The van der Waals surface area contributed by atoms with E-state index in [2.05, 4.69) is 15.5 Å². The summed E-state index contributed by atoms with van der Waals surface area (Å²) in [5.74, 6) is 0.184. The zero-order chi connectivity index (χ0) is 27.7. The lowest BCUT2D eigenvalue weighted by Crippen LogP contribution is -2.53. The number of aromatic amines is 1. The lowest BCUT2D eigenvalue weighted by atomic mass is 9.81. The van der Waals surface area contributed by atoms with Crippen LogP contribution in [0, 0.1) is 0 Å². The van der Waals surface area contributed by atoms with Gasteiger partial charge in [-0.15, -0.1) is 0 Å². The SMILES string of the molecule is C[C@@H](OC[C@@]1(c2ccccc2)CC[C@H](n2c(CO)n[nH]c2=O)CN1)c1cc(C(F)(F)F)cc(C(F)(F)F)c1. The maximum atomic E-state index is 13.3. The summed E-state index contributed by atoms with van der Waals surface area (Å²) >= 11 is 0. The first-order chi connectivity index (χ1) is 17.8. The Bertz CT molecular complexity index is 1260. The fourth-order valence-electron chi connectivity index (χ4n) is 4.75. The maximum Gasteiger partial charge on any atom is 0.416 e. The molecule has 1 aromatic heterocycles. The predicted molar refractivity (Wildman–Crippen MR) is 124 cm³/mol. The first-order valence-electron chi connectivity index (χ1n) is 11.8. The fourth-order valence-corrected chi connectivity index (χ4v) is 4.75. The number of aliphatic hydroxyl groups is 1. The minimum Gasteiger partial charge on any atom is -0.388 e. The minimum atomic E-state index is -4.96. The van der Waals surface area contributed by atoms with Gasteiger partial charge in [-0.05, 0) is 49.1 Å². The van der Waals surface area contributed by atoms with Crippen LogP contribution in [-0.2, 0) is 29.2 Å². The number of alkyl halides is 6. The highest BCUT2D eigenvalue weighted by Gasteiger charge is 2.40. The van der Waals surface area contributed by atoms with Crippen molar-refractivity contribution in [2.24, 2.45) is 0 Å². The average molecular weight is 544 g/mol. The van der Waals surface area contributed by atoms with Crippen LogP contribution >= 0.6 is 0 Å². The third kappa shape index (κ3) is 5.79. The number of rotatable bonds is 7. The lowest BCUT2D eigenvalue weighted by Gasteiger charge is -2.42. The van der Waals surface area contributed by atoms with E-state index in [0.29, 0.717) is 25.0 Å². The molecule has 0 saturated carbocycles. The van der Waals surface area contributed by atoms with Gasteiger partial charge in [-0.2, -0.15) is 31.4 Å². The Morgan fingerprint density at radius 3 is 2.26 bits per heavy atom. The van der Waals surface area contributed by atoms with E-state index in [-0.39, 0.29) is 36.6 Å². The van der Waals surface area contributed by atoms with Gasteiger partial charge in [0.2, 0.25) is 0 Å². The van der Waals surface area contributed by atoms with Crippen molar-refractivity contribution in [1.29, 1.82) is 0 Å². The molecule has 206 valence electrons. The molecular formula is C25H26F6N4O3. The van der Waals surface area contributed by atoms with Crippen molar-refractivity contribution in [2.75, 3.05) is 13.2 Å². The summed E-state index contributed by atoms with van der Waals surface area (Å²) in [6.45, 7) is 1.19. The Hall–Kier alpha value is -3.16. The van der Waals surface area contributed by atoms with Gasteiger partial charge < -0.3 is 15.2 Å². The summed E-state index contributed by atoms with van der Waals surface area (Å²) in [4.78, 5) is 12.2. The van der Waals surface area contributed by atoms with Crippen molar-refractivity contribution in [3.05, 3.63) is 87.1 Å². The molecule has 3 N–H and O–H groups in total. The maximum absolute atomic E-state index is 13.3. The molecule has 1 saturated heterocycles. The van der Waals surface area contributed by atoms with Crippen LogP contribution in [0.25, 0.3) is 0 Å². The number of nitrogens with zero attached hydrogens (tertiary/aromatic N) is 2. The Kier molecular flexibility index (Phi) is 7.73. The average Bonchev–Trinajstić information content (AvgIpc) is 3.27. The lowest BCUT2D eigenvalue weighted by molar-refractivity contribution is -0.143. The van der Waals surface area contributed by atoms with Gasteiger partial charge in [-0.25, -0.2) is 9.89 Å². The van der Waals surface area contributed by atoms with E-state index in [1.807, 2.05) is 18.2 Å². The molecule has 1 fully saturated rings. The largest absolute Gasteiger partial charge is 0.416 e. The second-order valence-electron chi connectivity index (χ2n) is 9.29. The number of halogens is 6. The van der Waals surface area contributed by atoms with Gasteiger partial charge in [0, 0.05) is 6.54 Å². The first kappa shape index (κ1) is 27.9. The van der Waals surface area contributed by atoms with Crippen molar-refractivity contribution >= 4 is 0 Å². The molecule has 1 aliphatic heterocycles. The van der Waals surface area contributed by atoms with E-state index in [1.165, 1.54) is 11.5 Å². The summed E-state index contributed by atoms with van der Waals surface area (Å²) in [5, 5.41) is 19.0. The van der Waals surface area contributed by atoms with Gasteiger partial charge in [0.25, 0.3) is 0 Å². The summed E-state index contributed by atoms with van der Waals surface area (Å²) in [6.07, 6.45) is -10.1. The highest BCUT2D eigenvalue weighted by Crippen LogP contribution is 2.39. The van der Waals surface area contributed by atoms with Crippen molar-refractivity contribution in [3.8, 4) is 0 Å². The molecule has 0 aliphatic carbocycles. The van der Waals surface area contributed by atoms with Crippen molar-refractivity contribution in [1.82, 2.24) is 20.1 Å². The second kappa shape index (κ2) is 10.5. The third-order valence-corrected chi connectivity index (χ3v) is 6.85. The van der Waals surface area contributed by atoms with Gasteiger partial charge in [-0.3, -0.25) is 4.57 Å². The Morgan fingerprint density at radius 2 is 1.74 bits per heavy atom. The zero-order valence-electron chi connectivity index (χ0n) is 20.2. The predicted octanol–water partition coefficient (Wildman–Crippen LogP) is 4.70. The molecular weight excluding hydrogens is 518 g/mol. The minimum absolute atomic E-state index is 0.0599. The van der Waals surface area contributed by atoms with Crippen molar-refractivity contribution in [2.45, 2.75) is 56.4 Å². The van der Waals surface area contributed by atoms with Gasteiger partial charge in [0.1, 0.15) is 6.61 Å². The van der Waals surface area contributed by atoms with Gasteiger partial charge in [0.05, 0.1) is 35.4 Å². The van der Waals surface area contributed by atoms with Crippen molar-refractivity contribution < 1.29 is 36.2 Å². The summed E-state index contributed by atoms with van der Waals surface area (Å²) in [7, 11) is 0. The van der Waals surface area contributed by atoms with Crippen LogP contribution < -0.4 is 11.0 Å². The van der Waals surface area contributed by atoms with Crippen LogP contribution in [0.3, 0.4) is 0 Å². The zero-order valence-corrected chi connectivity index (χ0v) is 20.2. The van der Waals surface area contributed by atoms with Gasteiger partial charge in [-0.1, -0.05) is 30.3 Å². The molecule has 2 heterocycles. The number of hydrogen-bond acceptors (Lipinski definition) is 5. The van der Waals surface area contributed by atoms with E-state index in [0.717, 1.165) is 5.56 Å². The number of aromatic nitrogens is 3. The van der Waals surface area contributed by atoms with Gasteiger partial charge in [0.15, 0.2) is 5.82 Å². The molecule has 3 atom stereocenters. The van der Waals surface area contributed by atoms with Crippen LogP contribution in [0.15, 0.2) is 53.3 Å². The quantitative estimate of drug-likeness (QED) is 0.375. The van der Waals surface area contributed by atoms with Crippen molar-refractivity contribution in [3.63, 3.8) is 0 Å². The molecule has 38 heavy (non-hydrogen) atoms. The number of piperidine rings is 1. The molecule has 7 nitrogen and oxygen atoms in total. The molecule has 2 aromatic carbocycles. The standard InChI is InChI=1S/C25H26F6N4O3/c1-15(16-9-18(24(26,27)28)11-19(10-16)25(29,30)31)38-14-23(17-5-3-2-4-6-17)8-7-20(12-32-23)35-21(13-36)33-34-22(35)37/h2-6,9-11,15,20,32,36H,7-8,12-14H2,1H3,(H,34,37)/t15-,20+,23-/m1/s1. The molecule has 3 aromatic rings. The van der Waals surface area contributed by atoms with Gasteiger partial charge >= 0.3 is 18.0 Å². The van der Waals surface area contributed by atoms with Crippen LogP contribution in [0.1, 0.15) is 60.0 Å². The Labute approximate surface area is 213 Å². The van der Waals surface area contributed by atoms with E-state index >= 15 is 0 Å². The number of aliphatic hydroxyl groups excluding tert-OH is 1. The van der Waals surface area contributed by atoms with Crippen LogP contribution in [-0.4, -0.2) is 33.0 Å². The number of hydrogen-bond donors (Lipinski definition) is 3. The summed E-state index contributed by atoms with van der Waals surface area (Å²) < 4.78 is 87.3. The number of ether oxygens (including phenoxy) is 1. The third-order valence-electron chi connectivity index (χ3n) is 6.85. The highest BCUT2D eigenvalue weighted by molar-refractivity contribution is 5.35. The monoisotopic (exact) mass is 544 g/mol. The highest BCUT2D eigenvalue weighted by atomic mass is 19.4. The topological polar surface area (TPSA) is 92.2 Å². The van der Waals surface area contributed by atoms with Crippen LogP contribution in [0.4, 0.5) is 26.3 Å². The van der Waals surface area contributed by atoms with E-state index in [1.54, 1.807) is 12.1 Å². The summed E-state index contributed by atoms with van der Waals surface area (Å²) in [6, 6.07) is 10.2. The molecule has 13 heteroatoms. The molecule has 0 unspecified atom stereocenters. The molecule has 4 rings (SSSR count). The fraction of sp³-hybridized carbons (Fsp3) is 0.440. The number of benzene rings is 2. The smallest absolute Gasteiger partial charge is 0.388 e. The second-order valence-corrected chi connectivity index (χ2v) is 9.29. The van der Waals surface area contributed by atoms with E-state index in [9.17, 15) is 36.2 Å². The molecule has 0 spiro atoms. The summed E-state index contributed by atoms with van der Waals surface area (Å²) in [5.41, 5.74) is -3.54. The molecule has 1 aliphatic rings. The van der Waals surface area contributed by atoms with E-state index in [4.69, 9.17) is 4.74 Å². The van der Waals surface area contributed by atoms with Crippen LogP contribution in [0.2, 0.25) is 0 Å². The number of H-pyrrole nitrogens is 1. The number of nitrogens with one attached hydrogen (secondary N) is 2. The molecule has 0 radical (unpaired) electrons. The first-order valence-corrected chi connectivity index (χ1v) is 11.8. The molecule has 0 bridgehead atoms. The van der Waals surface area contributed by atoms with E-state index < -0.39 is 47.4 Å². The molecule has 0 amide bonds. The Morgan fingerprint density at radius 1 is 1.11 bits per heavy atom.